The van der Waals surface area contributed by atoms with Crippen molar-refractivity contribution >= 4 is 39.9 Å². The standard InChI is InChI=1S/C18H26N4OS.ClH/c1-3-13(2)17(19)18(23)22-10-8-21(9-11-22)12-16-20-14-6-4-5-7-15(14)24-16;/h4-7,13,17H,3,8-12,19H2,1-2H3;1H. The minimum Gasteiger partial charge on any atom is -0.339 e. The van der Waals surface area contributed by atoms with Crippen molar-refractivity contribution in [1.29, 1.82) is 0 Å². The zero-order chi connectivity index (χ0) is 17.1. The fourth-order valence-corrected chi connectivity index (χ4v) is 4.02. The Balaban J connectivity index is 0.00000225. The van der Waals surface area contributed by atoms with Gasteiger partial charge >= 0.3 is 0 Å². The van der Waals surface area contributed by atoms with E-state index in [1.165, 1.54) is 4.70 Å². The second-order valence-electron chi connectivity index (χ2n) is 6.59. The monoisotopic (exact) mass is 382 g/mol. The fourth-order valence-electron chi connectivity index (χ4n) is 3.01. The molecule has 1 aliphatic rings. The van der Waals surface area contributed by atoms with Crippen LogP contribution in [0.25, 0.3) is 10.2 Å². The van der Waals surface area contributed by atoms with Gasteiger partial charge in [-0.2, -0.15) is 0 Å². The second kappa shape index (κ2) is 8.94. The van der Waals surface area contributed by atoms with Crippen LogP contribution in [0, 0.1) is 5.92 Å². The summed E-state index contributed by atoms with van der Waals surface area (Å²) in [5.41, 5.74) is 7.17. The predicted octanol–water partition coefficient (Wildman–Crippen LogP) is 2.74. The van der Waals surface area contributed by atoms with Crippen molar-refractivity contribution in [2.45, 2.75) is 32.9 Å². The lowest BCUT2D eigenvalue weighted by atomic mass is 9.98. The van der Waals surface area contributed by atoms with Gasteiger partial charge in [-0.05, 0) is 18.1 Å². The fraction of sp³-hybridized carbons (Fsp3) is 0.556. The number of aromatic nitrogens is 1. The van der Waals surface area contributed by atoms with Gasteiger partial charge in [0.15, 0.2) is 0 Å². The maximum atomic E-state index is 12.5. The van der Waals surface area contributed by atoms with E-state index in [1.807, 2.05) is 17.9 Å². The Morgan fingerprint density at radius 1 is 1.28 bits per heavy atom. The van der Waals surface area contributed by atoms with Crippen molar-refractivity contribution < 1.29 is 4.79 Å². The molecule has 2 aromatic rings. The molecule has 2 heterocycles. The smallest absolute Gasteiger partial charge is 0.239 e. The summed E-state index contributed by atoms with van der Waals surface area (Å²) in [4.78, 5) is 21.4. The number of piperazine rings is 1. The van der Waals surface area contributed by atoms with Crippen molar-refractivity contribution in [2.75, 3.05) is 26.2 Å². The lowest BCUT2D eigenvalue weighted by molar-refractivity contribution is -0.135. The molecule has 7 heteroatoms. The quantitative estimate of drug-likeness (QED) is 0.863. The van der Waals surface area contributed by atoms with Crippen LogP contribution < -0.4 is 5.73 Å². The molecule has 1 aliphatic heterocycles. The number of thiazole rings is 1. The third-order valence-corrected chi connectivity index (χ3v) is 5.94. The van der Waals surface area contributed by atoms with Crippen LogP contribution in [0.3, 0.4) is 0 Å². The highest BCUT2D eigenvalue weighted by Crippen LogP contribution is 2.23. The van der Waals surface area contributed by atoms with Crippen LogP contribution in [-0.4, -0.2) is 52.9 Å². The number of carbonyl (C=O) groups is 1. The van der Waals surface area contributed by atoms with Crippen LogP contribution in [0.4, 0.5) is 0 Å². The minimum atomic E-state index is -0.370. The third-order valence-electron chi connectivity index (χ3n) is 4.92. The van der Waals surface area contributed by atoms with Gasteiger partial charge in [0.05, 0.1) is 22.8 Å². The van der Waals surface area contributed by atoms with Crippen molar-refractivity contribution in [3.63, 3.8) is 0 Å². The highest BCUT2D eigenvalue weighted by molar-refractivity contribution is 7.18. The number of halogens is 1. The van der Waals surface area contributed by atoms with Crippen LogP contribution in [0.1, 0.15) is 25.3 Å². The Bertz CT molecular complexity index is 666. The molecule has 1 aromatic carbocycles. The van der Waals surface area contributed by atoms with Crippen LogP contribution in [0.2, 0.25) is 0 Å². The summed E-state index contributed by atoms with van der Waals surface area (Å²) in [6.45, 7) is 8.27. The summed E-state index contributed by atoms with van der Waals surface area (Å²) in [7, 11) is 0. The molecular formula is C18H27ClN4OS. The maximum absolute atomic E-state index is 12.5. The number of nitrogens with zero attached hydrogens (tertiary/aromatic N) is 3. The van der Waals surface area contributed by atoms with Crippen molar-refractivity contribution in [3.05, 3.63) is 29.3 Å². The van der Waals surface area contributed by atoms with Crippen LogP contribution >= 0.6 is 23.7 Å². The number of para-hydroxylation sites is 1. The lowest BCUT2D eigenvalue weighted by Gasteiger charge is -2.36. The largest absolute Gasteiger partial charge is 0.339 e. The number of rotatable bonds is 5. The molecule has 1 amide bonds. The first-order valence-corrected chi connectivity index (χ1v) is 9.51. The molecule has 0 spiro atoms. The number of carbonyl (C=O) groups excluding carboxylic acids is 1. The molecule has 3 rings (SSSR count). The molecule has 1 aromatic heterocycles. The van der Waals surface area contributed by atoms with Crippen molar-refractivity contribution in [3.8, 4) is 0 Å². The lowest BCUT2D eigenvalue weighted by Crippen LogP contribution is -2.54. The SMILES string of the molecule is CCC(C)C(N)C(=O)N1CCN(Cc2nc3ccccc3s2)CC1.Cl. The number of benzene rings is 1. The summed E-state index contributed by atoms with van der Waals surface area (Å²) in [5.74, 6) is 0.335. The summed E-state index contributed by atoms with van der Waals surface area (Å²) in [6, 6.07) is 7.88. The number of amides is 1. The van der Waals surface area contributed by atoms with E-state index in [1.54, 1.807) is 11.3 Å². The molecule has 2 N–H and O–H groups in total. The van der Waals surface area contributed by atoms with Crippen LogP contribution in [0.5, 0.6) is 0 Å². The molecule has 1 fully saturated rings. The average molecular weight is 383 g/mol. The molecular weight excluding hydrogens is 356 g/mol. The zero-order valence-electron chi connectivity index (χ0n) is 14.9. The van der Waals surface area contributed by atoms with E-state index in [2.05, 4.69) is 30.0 Å². The average Bonchev–Trinajstić information content (AvgIpc) is 3.02. The van der Waals surface area contributed by atoms with E-state index in [0.717, 1.165) is 49.7 Å². The van der Waals surface area contributed by atoms with Gasteiger partial charge in [0.1, 0.15) is 5.01 Å². The van der Waals surface area contributed by atoms with E-state index in [-0.39, 0.29) is 30.3 Å². The molecule has 0 saturated carbocycles. The first-order chi connectivity index (χ1) is 11.6. The van der Waals surface area contributed by atoms with Gasteiger partial charge in [0, 0.05) is 26.2 Å². The molecule has 2 unspecified atom stereocenters. The van der Waals surface area contributed by atoms with Gasteiger partial charge in [0.25, 0.3) is 0 Å². The van der Waals surface area contributed by atoms with Crippen LogP contribution in [0.15, 0.2) is 24.3 Å². The second-order valence-corrected chi connectivity index (χ2v) is 7.70. The normalized spacial score (nSPS) is 18.0. The van der Waals surface area contributed by atoms with E-state index >= 15 is 0 Å². The van der Waals surface area contributed by atoms with E-state index in [9.17, 15) is 4.79 Å². The van der Waals surface area contributed by atoms with Gasteiger partial charge < -0.3 is 10.6 Å². The number of hydrogen-bond acceptors (Lipinski definition) is 5. The van der Waals surface area contributed by atoms with Gasteiger partial charge in [-0.25, -0.2) is 4.98 Å². The number of nitrogens with two attached hydrogens (primary N) is 1. The van der Waals surface area contributed by atoms with Gasteiger partial charge in [-0.1, -0.05) is 32.4 Å². The molecule has 0 bridgehead atoms. The Kier molecular flexibility index (Phi) is 7.19. The first kappa shape index (κ1) is 20.1. The zero-order valence-corrected chi connectivity index (χ0v) is 16.5. The summed E-state index contributed by atoms with van der Waals surface area (Å²) >= 11 is 1.76. The Labute approximate surface area is 159 Å². The van der Waals surface area contributed by atoms with Crippen molar-refractivity contribution in [1.82, 2.24) is 14.8 Å². The molecule has 2 atom stereocenters. The van der Waals surface area contributed by atoms with E-state index in [4.69, 9.17) is 10.7 Å². The first-order valence-electron chi connectivity index (χ1n) is 8.69. The predicted molar refractivity (Wildman–Crippen MR) is 106 cm³/mol. The minimum absolute atomic E-state index is 0. The summed E-state index contributed by atoms with van der Waals surface area (Å²) in [6.07, 6.45) is 0.935. The molecule has 138 valence electrons. The van der Waals surface area contributed by atoms with Gasteiger partial charge in [0.2, 0.25) is 5.91 Å². The third kappa shape index (κ3) is 4.70. The van der Waals surface area contributed by atoms with Crippen molar-refractivity contribution in [2.24, 2.45) is 11.7 Å². The van der Waals surface area contributed by atoms with Gasteiger partial charge in [-0.15, -0.1) is 23.7 Å². The maximum Gasteiger partial charge on any atom is 0.239 e. The highest BCUT2D eigenvalue weighted by atomic mass is 35.5. The van der Waals surface area contributed by atoms with Gasteiger partial charge in [-0.3, -0.25) is 9.69 Å². The Morgan fingerprint density at radius 2 is 1.96 bits per heavy atom. The topological polar surface area (TPSA) is 62.5 Å². The molecule has 0 radical (unpaired) electrons. The molecule has 25 heavy (non-hydrogen) atoms. The van der Waals surface area contributed by atoms with E-state index in [0.29, 0.717) is 0 Å². The summed E-state index contributed by atoms with van der Waals surface area (Å²) < 4.78 is 1.24. The number of fused-ring (bicyclic) bond motifs is 1. The number of hydrogen-bond donors (Lipinski definition) is 1. The van der Waals surface area contributed by atoms with E-state index < -0.39 is 0 Å². The molecule has 0 aliphatic carbocycles. The molecule has 1 saturated heterocycles. The van der Waals surface area contributed by atoms with Crippen LogP contribution in [-0.2, 0) is 11.3 Å². The summed E-state index contributed by atoms with van der Waals surface area (Å²) in [5, 5.41) is 1.15. The highest BCUT2D eigenvalue weighted by Gasteiger charge is 2.28. The molecule has 5 nitrogen and oxygen atoms in total. The Hall–Kier alpha value is -1.21. The Morgan fingerprint density at radius 3 is 2.60 bits per heavy atom.